The number of carbonyl (C=O) groups excluding carboxylic acids is 1. The van der Waals surface area contributed by atoms with Crippen molar-refractivity contribution in [1.82, 2.24) is 0 Å². The van der Waals surface area contributed by atoms with Gasteiger partial charge in [-0.2, -0.15) is 8.42 Å². The van der Waals surface area contributed by atoms with Gasteiger partial charge < -0.3 is 8.46 Å². The molecule has 0 heterocycles. The van der Waals surface area contributed by atoms with Crippen LogP contribution in [-0.2, 0) is 23.6 Å². The Morgan fingerprint density at radius 3 is 1.16 bits per heavy atom. The molecule has 0 aliphatic heterocycles. The standard InChI is InChI=1S/C30H60O5S.Mg.Na.3H/c1-3-5-7-9-11-13-15-16-17-18-19-20-22-24-26-28-30(31)35-36(32,33)34-29-27-25-23-21-14-12-10-8-6-4-2;;;;;/h3-29H2,1-2H3;;;;;/q;+2;+1;3*-1. The van der Waals surface area contributed by atoms with Crippen molar-refractivity contribution >= 4 is 39.4 Å². The van der Waals surface area contributed by atoms with E-state index in [9.17, 15) is 13.2 Å². The Morgan fingerprint density at radius 1 is 0.526 bits per heavy atom. The van der Waals surface area contributed by atoms with E-state index in [1.54, 1.807) is 0 Å². The van der Waals surface area contributed by atoms with Crippen molar-refractivity contribution < 1.29 is 55.4 Å². The Labute approximate surface area is 280 Å². The molecule has 38 heavy (non-hydrogen) atoms. The zero-order valence-corrected chi connectivity index (χ0v) is 30.0. The van der Waals surface area contributed by atoms with E-state index in [2.05, 4.69) is 18.0 Å². The maximum atomic E-state index is 11.8. The number of hydrogen-bond acceptors (Lipinski definition) is 5. The first-order valence-electron chi connectivity index (χ1n) is 15.6. The van der Waals surface area contributed by atoms with Crippen molar-refractivity contribution in [1.29, 1.82) is 0 Å². The summed E-state index contributed by atoms with van der Waals surface area (Å²) in [7, 11) is -4.21. The fourth-order valence-electron chi connectivity index (χ4n) is 4.57. The van der Waals surface area contributed by atoms with Crippen LogP contribution in [-0.4, -0.2) is 44.0 Å². The molecule has 0 unspecified atom stereocenters. The van der Waals surface area contributed by atoms with Gasteiger partial charge in [0.2, 0.25) is 0 Å². The van der Waals surface area contributed by atoms with Crippen LogP contribution in [0.3, 0.4) is 0 Å². The third-order valence-electron chi connectivity index (χ3n) is 6.91. The molecule has 8 heteroatoms. The second-order valence-corrected chi connectivity index (χ2v) is 11.8. The van der Waals surface area contributed by atoms with Crippen molar-refractivity contribution in [2.24, 2.45) is 0 Å². The Hall–Kier alpha value is 1.15. The summed E-state index contributed by atoms with van der Waals surface area (Å²) < 4.78 is 33.0. The summed E-state index contributed by atoms with van der Waals surface area (Å²) >= 11 is 0. The average molecular weight is 583 g/mol. The third-order valence-corrected chi connectivity index (χ3v) is 7.75. The topological polar surface area (TPSA) is 69.7 Å². The first kappa shape index (κ1) is 43.6. The summed E-state index contributed by atoms with van der Waals surface area (Å²) in [5.74, 6) is -0.701. The van der Waals surface area contributed by atoms with E-state index in [-0.39, 0.29) is 69.9 Å². The Morgan fingerprint density at radius 2 is 0.816 bits per heavy atom. The van der Waals surface area contributed by atoms with Crippen molar-refractivity contribution in [3.8, 4) is 0 Å². The minimum atomic E-state index is -4.21. The molecule has 0 spiro atoms. The normalized spacial score (nSPS) is 11.1. The molecule has 5 nitrogen and oxygen atoms in total. The molecule has 0 aliphatic carbocycles. The van der Waals surface area contributed by atoms with Gasteiger partial charge in [0.05, 0.1) is 6.61 Å². The van der Waals surface area contributed by atoms with Crippen molar-refractivity contribution in [3.05, 3.63) is 0 Å². The van der Waals surface area contributed by atoms with Crippen LogP contribution < -0.4 is 29.6 Å². The maximum absolute atomic E-state index is 11.8. The summed E-state index contributed by atoms with van der Waals surface area (Å²) in [6, 6.07) is 0. The largest absolute Gasteiger partial charge is 2.00 e. The molecule has 0 amide bonds. The average Bonchev–Trinajstić information content (AvgIpc) is 2.84. The van der Waals surface area contributed by atoms with Gasteiger partial charge in [-0.1, -0.05) is 162 Å². The number of hydrogen-bond donors (Lipinski definition) is 0. The molecule has 0 atom stereocenters. The van der Waals surface area contributed by atoms with Crippen molar-refractivity contribution in [3.63, 3.8) is 0 Å². The summed E-state index contributed by atoms with van der Waals surface area (Å²) in [5.41, 5.74) is 0. The van der Waals surface area contributed by atoms with Gasteiger partial charge >= 0.3 is 69.0 Å². The summed E-state index contributed by atoms with van der Waals surface area (Å²) in [4.78, 5) is 11.8. The van der Waals surface area contributed by atoms with Gasteiger partial charge in [0.15, 0.2) is 0 Å². The Balaban J connectivity index is -0.000000612. The van der Waals surface area contributed by atoms with Crippen LogP contribution in [0.4, 0.5) is 0 Å². The zero-order valence-electron chi connectivity index (χ0n) is 28.7. The van der Waals surface area contributed by atoms with Gasteiger partial charge in [0, 0.05) is 6.42 Å². The molecule has 222 valence electrons. The van der Waals surface area contributed by atoms with Crippen LogP contribution in [0.1, 0.15) is 185 Å². The molecule has 0 rings (SSSR count). The second kappa shape index (κ2) is 34.3. The molecule has 0 aromatic rings. The molecular weight excluding hydrogens is 520 g/mol. The van der Waals surface area contributed by atoms with E-state index in [4.69, 9.17) is 4.18 Å². The van der Waals surface area contributed by atoms with Crippen LogP contribution in [0.2, 0.25) is 0 Å². The molecule has 0 aliphatic rings. The minimum Gasteiger partial charge on any atom is -1.00 e. The first-order chi connectivity index (χ1) is 17.5. The first-order valence-corrected chi connectivity index (χ1v) is 17.0. The van der Waals surface area contributed by atoms with Crippen LogP contribution in [0.15, 0.2) is 0 Å². The van der Waals surface area contributed by atoms with E-state index in [0.29, 0.717) is 12.8 Å². The monoisotopic (exact) mass is 582 g/mol. The van der Waals surface area contributed by atoms with Gasteiger partial charge in [-0.3, -0.25) is 4.79 Å². The van der Waals surface area contributed by atoms with Gasteiger partial charge in [0.25, 0.3) is 0 Å². The van der Waals surface area contributed by atoms with Crippen LogP contribution in [0.25, 0.3) is 0 Å². The van der Waals surface area contributed by atoms with Crippen LogP contribution in [0.5, 0.6) is 0 Å². The number of unbranched alkanes of at least 4 members (excludes halogenated alkanes) is 23. The van der Waals surface area contributed by atoms with Gasteiger partial charge in [-0.15, -0.1) is 0 Å². The van der Waals surface area contributed by atoms with E-state index >= 15 is 0 Å². The third kappa shape index (κ3) is 35.2. The molecule has 0 N–H and O–H groups in total. The number of rotatable bonds is 29. The van der Waals surface area contributed by atoms with Crippen LogP contribution >= 0.6 is 0 Å². The number of carbonyl (C=O) groups is 1. The Bertz CT molecular complexity index is 590. The molecule has 0 bridgehead atoms. The molecular formula is C30H63MgNaO5S. The summed E-state index contributed by atoms with van der Waals surface area (Å²) in [5, 5.41) is 0. The Kier molecular flexibility index (Phi) is 39.4. The molecule has 0 saturated heterocycles. The minimum absolute atomic E-state index is 0. The van der Waals surface area contributed by atoms with Gasteiger partial charge in [0.1, 0.15) is 0 Å². The van der Waals surface area contributed by atoms with Crippen LogP contribution in [0, 0.1) is 0 Å². The van der Waals surface area contributed by atoms with Gasteiger partial charge in [-0.25, -0.2) is 4.18 Å². The van der Waals surface area contributed by atoms with Gasteiger partial charge in [-0.05, 0) is 12.8 Å². The predicted octanol–water partition coefficient (Wildman–Crippen LogP) is 6.93. The van der Waals surface area contributed by atoms with E-state index in [1.165, 1.54) is 122 Å². The zero-order chi connectivity index (χ0) is 26.6. The van der Waals surface area contributed by atoms with Crippen molar-refractivity contribution in [2.75, 3.05) is 6.61 Å². The fraction of sp³-hybridized carbons (Fsp3) is 0.967. The second-order valence-electron chi connectivity index (χ2n) is 10.6. The fourth-order valence-corrected chi connectivity index (χ4v) is 5.25. The molecule has 0 aromatic heterocycles. The SMILES string of the molecule is CCCCCCCCCCCCCCCCCC(=O)OS(=O)(=O)OCCCCCCCCCCCC.[H-].[H-].[H-].[Mg+2].[Na+]. The van der Waals surface area contributed by atoms with E-state index in [1.807, 2.05) is 0 Å². The maximum Gasteiger partial charge on any atom is 2.00 e. The molecule has 0 fully saturated rings. The molecule has 0 radical (unpaired) electrons. The smallest absolute Gasteiger partial charge is 1.00 e. The summed E-state index contributed by atoms with van der Waals surface area (Å²) in [6.45, 7) is 4.58. The summed E-state index contributed by atoms with van der Waals surface area (Å²) in [6.07, 6.45) is 30.6. The van der Waals surface area contributed by atoms with Crippen molar-refractivity contribution in [2.45, 2.75) is 181 Å². The molecule has 0 aromatic carbocycles. The quantitative estimate of drug-likeness (QED) is 0.0706. The predicted molar refractivity (Wildman–Crippen MR) is 161 cm³/mol. The van der Waals surface area contributed by atoms with E-state index < -0.39 is 16.4 Å². The van der Waals surface area contributed by atoms with E-state index in [0.717, 1.165) is 25.7 Å². The molecule has 0 saturated carbocycles.